The molecule has 0 radical (unpaired) electrons. The first-order chi connectivity index (χ1) is 14.3. The zero-order valence-corrected chi connectivity index (χ0v) is 18.8. The van der Waals surface area contributed by atoms with Crippen LogP contribution in [-0.2, 0) is 9.53 Å². The molecule has 0 spiro atoms. The summed E-state index contributed by atoms with van der Waals surface area (Å²) in [6.45, 7) is 8.92. The van der Waals surface area contributed by atoms with E-state index in [4.69, 9.17) is 14.2 Å². The molecule has 0 aliphatic rings. The van der Waals surface area contributed by atoms with Crippen molar-refractivity contribution in [2.75, 3.05) is 20.3 Å². The van der Waals surface area contributed by atoms with E-state index < -0.39 is 5.41 Å². The third kappa shape index (κ3) is 7.58. The number of carbonyl (C=O) groups is 1. The van der Waals surface area contributed by atoms with E-state index in [-0.39, 0.29) is 5.97 Å². The Bertz CT molecular complexity index is 822. The summed E-state index contributed by atoms with van der Waals surface area (Å²) in [4.78, 5) is 12.3. The molecule has 0 saturated carbocycles. The molecule has 4 nitrogen and oxygen atoms in total. The highest BCUT2D eigenvalue weighted by Crippen LogP contribution is 2.28. The van der Waals surface area contributed by atoms with Gasteiger partial charge in [-0.2, -0.15) is 0 Å². The van der Waals surface area contributed by atoms with Crippen molar-refractivity contribution >= 4 is 18.1 Å². The van der Waals surface area contributed by atoms with Gasteiger partial charge in [-0.05, 0) is 56.4 Å². The highest BCUT2D eigenvalue weighted by atomic mass is 16.5. The second-order valence-electron chi connectivity index (χ2n) is 8.48. The van der Waals surface area contributed by atoms with E-state index in [0.717, 1.165) is 29.0 Å². The molecular formula is C26H34O4. The van der Waals surface area contributed by atoms with Crippen LogP contribution >= 0.6 is 0 Å². The summed E-state index contributed by atoms with van der Waals surface area (Å²) in [5, 5.41) is 0. The molecule has 0 amide bonds. The van der Waals surface area contributed by atoms with Crippen LogP contribution in [-0.4, -0.2) is 26.3 Å². The zero-order valence-electron chi connectivity index (χ0n) is 18.8. The van der Waals surface area contributed by atoms with E-state index in [0.29, 0.717) is 25.6 Å². The normalized spacial score (nSPS) is 11.7. The molecule has 162 valence electrons. The molecule has 2 aromatic rings. The van der Waals surface area contributed by atoms with Gasteiger partial charge < -0.3 is 14.2 Å². The Morgan fingerprint density at radius 3 is 2.47 bits per heavy atom. The molecule has 0 heterocycles. The highest BCUT2D eigenvalue weighted by Gasteiger charge is 2.29. The van der Waals surface area contributed by atoms with Gasteiger partial charge in [0.25, 0.3) is 0 Å². The van der Waals surface area contributed by atoms with Crippen LogP contribution in [0.4, 0.5) is 0 Å². The summed E-state index contributed by atoms with van der Waals surface area (Å²) >= 11 is 0. The van der Waals surface area contributed by atoms with Crippen LogP contribution in [0.15, 0.2) is 48.5 Å². The van der Waals surface area contributed by atoms with Crippen LogP contribution in [0.2, 0.25) is 0 Å². The maximum absolute atomic E-state index is 12.3. The molecular weight excluding hydrogens is 376 g/mol. The third-order valence-corrected chi connectivity index (χ3v) is 4.77. The Morgan fingerprint density at radius 1 is 1.07 bits per heavy atom. The summed E-state index contributed by atoms with van der Waals surface area (Å²) in [6, 6.07) is 15.9. The quantitative estimate of drug-likeness (QED) is 0.249. The molecule has 0 saturated heterocycles. The summed E-state index contributed by atoms with van der Waals surface area (Å²) in [7, 11) is 1.66. The smallest absolute Gasteiger partial charge is 0.311 e. The van der Waals surface area contributed by atoms with Crippen molar-refractivity contribution < 1.29 is 19.0 Å². The van der Waals surface area contributed by atoms with Gasteiger partial charge in [0.2, 0.25) is 0 Å². The van der Waals surface area contributed by atoms with Crippen LogP contribution in [0.1, 0.15) is 51.7 Å². The van der Waals surface area contributed by atoms with Gasteiger partial charge in [0, 0.05) is 5.56 Å². The molecule has 30 heavy (non-hydrogen) atoms. The number of methoxy groups -OCH3 is 1. The summed E-state index contributed by atoms with van der Waals surface area (Å²) in [6.07, 6.45) is 5.55. The molecule has 0 aliphatic heterocycles. The Labute approximate surface area is 180 Å². The predicted molar refractivity (Wildman–Crippen MR) is 123 cm³/mol. The fourth-order valence-corrected chi connectivity index (χ4v) is 2.93. The minimum Gasteiger partial charge on any atom is -0.496 e. The first kappa shape index (κ1) is 23.5. The Balaban J connectivity index is 1.91. The number of benzene rings is 2. The molecule has 0 aromatic heterocycles. The maximum atomic E-state index is 12.3. The Hall–Kier alpha value is -2.75. The molecule has 0 unspecified atom stereocenters. The van der Waals surface area contributed by atoms with Gasteiger partial charge in [-0.1, -0.05) is 56.3 Å². The molecule has 0 bridgehead atoms. The standard InChI is InChI=1S/C26H34O4/c1-20(2)19-30-25(27)26(3,4)16-9-17-29-23-14-15-24(28-5)22(18-23)13-12-21-10-7-6-8-11-21/h6-8,10-15,18,20H,9,16-17,19H2,1-5H3/b13-12+. The third-order valence-electron chi connectivity index (χ3n) is 4.77. The van der Waals surface area contributed by atoms with Crippen molar-refractivity contribution in [3.8, 4) is 11.5 Å². The van der Waals surface area contributed by atoms with Gasteiger partial charge in [0.1, 0.15) is 11.5 Å². The van der Waals surface area contributed by atoms with Gasteiger partial charge in [-0.25, -0.2) is 0 Å². The van der Waals surface area contributed by atoms with Gasteiger partial charge in [-0.3, -0.25) is 4.79 Å². The topological polar surface area (TPSA) is 44.8 Å². The van der Waals surface area contributed by atoms with E-state index in [9.17, 15) is 4.79 Å². The molecule has 4 heteroatoms. The number of esters is 1. The molecule has 2 aromatic carbocycles. The van der Waals surface area contributed by atoms with Crippen LogP contribution in [0.25, 0.3) is 12.2 Å². The summed E-state index contributed by atoms with van der Waals surface area (Å²) in [5.74, 6) is 1.77. The Morgan fingerprint density at radius 2 is 1.80 bits per heavy atom. The van der Waals surface area contributed by atoms with Crippen molar-refractivity contribution in [1.29, 1.82) is 0 Å². The lowest BCUT2D eigenvalue weighted by molar-refractivity contribution is -0.155. The van der Waals surface area contributed by atoms with Crippen LogP contribution in [0.5, 0.6) is 11.5 Å². The summed E-state index contributed by atoms with van der Waals surface area (Å²) in [5.41, 5.74) is 1.57. The zero-order chi connectivity index (χ0) is 22.0. The lowest BCUT2D eigenvalue weighted by Crippen LogP contribution is -2.28. The molecule has 0 fully saturated rings. The number of hydrogen-bond acceptors (Lipinski definition) is 4. The highest BCUT2D eigenvalue weighted by molar-refractivity contribution is 5.76. The predicted octanol–water partition coefficient (Wildman–Crippen LogP) is 6.25. The number of carbonyl (C=O) groups excluding carboxylic acids is 1. The first-order valence-electron chi connectivity index (χ1n) is 10.5. The lowest BCUT2D eigenvalue weighted by Gasteiger charge is -2.23. The minimum atomic E-state index is -0.512. The fraction of sp³-hybridized carbons (Fsp3) is 0.423. The minimum absolute atomic E-state index is 0.144. The molecule has 0 aliphatic carbocycles. The van der Waals surface area contributed by atoms with E-state index >= 15 is 0 Å². The van der Waals surface area contributed by atoms with Gasteiger partial charge in [-0.15, -0.1) is 0 Å². The molecule has 0 atom stereocenters. The fourth-order valence-electron chi connectivity index (χ4n) is 2.93. The van der Waals surface area contributed by atoms with E-state index in [1.165, 1.54) is 0 Å². The SMILES string of the molecule is COc1ccc(OCCCC(C)(C)C(=O)OCC(C)C)cc1/C=C/c1ccccc1. The van der Waals surface area contributed by atoms with Crippen molar-refractivity contribution in [1.82, 2.24) is 0 Å². The van der Waals surface area contributed by atoms with Crippen molar-refractivity contribution in [3.63, 3.8) is 0 Å². The van der Waals surface area contributed by atoms with E-state index in [1.54, 1.807) is 7.11 Å². The van der Waals surface area contributed by atoms with Crippen LogP contribution in [0, 0.1) is 11.3 Å². The average molecular weight is 411 g/mol. The van der Waals surface area contributed by atoms with Gasteiger partial charge in [0.05, 0.1) is 25.7 Å². The van der Waals surface area contributed by atoms with E-state index in [1.807, 2.05) is 76.2 Å². The first-order valence-corrected chi connectivity index (χ1v) is 10.5. The maximum Gasteiger partial charge on any atom is 0.311 e. The monoisotopic (exact) mass is 410 g/mol. The van der Waals surface area contributed by atoms with E-state index in [2.05, 4.69) is 12.1 Å². The van der Waals surface area contributed by atoms with Gasteiger partial charge >= 0.3 is 5.97 Å². The largest absolute Gasteiger partial charge is 0.496 e. The second kappa shape index (κ2) is 11.4. The van der Waals surface area contributed by atoms with Crippen LogP contribution in [0.3, 0.4) is 0 Å². The van der Waals surface area contributed by atoms with Crippen molar-refractivity contribution in [2.45, 2.75) is 40.5 Å². The van der Waals surface area contributed by atoms with Crippen LogP contribution < -0.4 is 9.47 Å². The average Bonchev–Trinajstić information content (AvgIpc) is 2.74. The second-order valence-corrected chi connectivity index (χ2v) is 8.48. The Kier molecular flexibility index (Phi) is 8.97. The molecule has 2 rings (SSSR count). The number of hydrogen-bond donors (Lipinski definition) is 0. The van der Waals surface area contributed by atoms with Crippen molar-refractivity contribution in [2.24, 2.45) is 11.3 Å². The molecule has 0 N–H and O–H groups in total. The summed E-state index contributed by atoms with van der Waals surface area (Å²) < 4.78 is 16.8. The van der Waals surface area contributed by atoms with Gasteiger partial charge in [0.15, 0.2) is 0 Å². The van der Waals surface area contributed by atoms with Crippen molar-refractivity contribution in [3.05, 3.63) is 59.7 Å². The lowest BCUT2D eigenvalue weighted by atomic mass is 9.88. The number of rotatable bonds is 11. The number of ether oxygens (including phenoxy) is 3.